The summed E-state index contributed by atoms with van der Waals surface area (Å²) in [7, 11) is 1.62. The summed E-state index contributed by atoms with van der Waals surface area (Å²) < 4.78 is 11.8. The highest BCUT2D eigenvalue weighted by molar-refractivity contribution is 7.99. The monoisotopic (exact) mass is 392 g/mol. The molecular weight excluding hydrogens is 360 g/mol. The average Bonchev–Trinajstić information content (AvgIpc) is 3.32. The molecule has 27 heavy (non-hydrogen) atoms. The van der Waals surface area contributed by atoms with Gasteiger partial charge in [0.1, 0.15) is 5.60 Å². The lowest BCUT2D eigenvalue weighted by molar-refractivity contribution is -0.169. The van der Waals surface area contributed by atoms with E-state index in [2.05, 4.69) is 39.0 Å². The quantitative estimate of drug-likeness (QED) is 0.420. The molecule has 5 heteroatoms. The molecule has 0 aromatic heterocycles. The van der Waals surface area contributed by atoms with E-state index in [4.69, 9.17) is 9.47 Å². The van der Waals surface area contributed by atoms with Crippen molar-refractivity contribution in [2.75, 3.05) is 12.9 Å². The third kappa shape index (κ3) is 4.43. The first-order chi connectivity index (χ1) is 12.8. The average molecular weight is 393 g/mol. The Bertz CT molecular complexity index is 660. The van der Waals surface area contributed by atoms with Crippen LogP contribution in [0.1, 0.15) is 40.0 Å². The summed E-state index contributed by atoms with van der Waals surface area (Å²) in [6.07, 6.45) is 3.13. The molecule has 1 saturated carbocycles. The van der Waals surface area contributed by atoms with Crippen molar-refractivity contribution in [3.63, 3.8) is 0 Å². The molecule has 0 amide bonds. The summed E-state index contributed by atoms with van der Waals surface area (Å²) in [6.45, 7) is 6.22. The molecular formula is C22H32O4S. The summed E-state index contributed by atoms with van der Waals surface area (Å²) in [5.74, 6) is 0.285. The molecule has 0 radical (unpaired) electrons. The smallest absolute Gasteiger partial charge is 0.100 e. The molecule has 150 valence electrons. The van der Waals surface area contributed by atoms with Gasteiger partial charge in [0.05, 0.1) is 23.9 Å². The first-order valence-corrected chi connectivity index (χ1v) is 10.7. The number of benzene rings is 1. The van der Waals surface area contributed by atoms with Gasteiger partial charge in [0, 0.05) is 23.7 Å². The van der Waals surface area contributed by atoms with E-state index in [1.807, 2.05) is 18.2 Å². The maximum absolute atomic E-state index is 11.7. The topological polar surface area (TPSA) is 62.2 Å². The highest BCUT2D eigenvalue weighted by Gasteiger charge is 2.66. The minimum absolute atomic E-state index is 0.0496. The van der Waals surface area contributed by atoms with Crippen molar-refractivity contribution >= 4 is 11.8 Å². The van der Waals surface area contributed by atoms with Crippen LogP contribution in [0, 0.1) is 5.92 Å². The fourth-order valence-electron chi connectivity index (χ4n) is 4.46. The zero-order chi connectivity index (χ0) is 19.7. The molecule has 0 spiro atoms. The van der Waals surface area contributed by atoms with Crippen LogP contribution in [0.2, 0.25) is 0 Å². The van der Waals surface area contributed by atoms with Crippen LogP contribution in [0.3, 0.4) is 0 Å². The molecule has 2 aliphatic rings. The Morgan fingerprint density at radius 3 is 2.67 bits per heavy atom. The lowest BCUT2D eigenvalue weighted by Crippen LogP contribution is -2.60. The van der Waals surface area contributed by atoms with Gasteiger partial charge >= 0.3 is 0 Å². The first kappa shape index (κ1) is 20.9. The van der Waals surface area contributed by atoms with E-state index in [9.17, 15) is 10.2 Å². The number of aliphatic hydroxyl groups is 2. The van der Waals surface area contributed by atoms with Crippen LogP contribution in [0.4, 0.5) is 0 Å². The number of rotatable bonds is 7. The van der Waals surface area contributed by atoms with Crippen LogP contribution >= 0.6 is 11.8 Å². The van der Waals surface area contributed by atoms with Crippen molar-refractivity contribution in [3.05, 3.63) is 42.0 Å². The van der Waals surface area contributed by atoms with Gasteiger partial charge in [0.15, 0.2) is 0 Å². The van der Waals surface area contributed by atoms with Crippen molar-refractivity contribution in [2.45, 2.75) is 74.4 Å². The van der Waals surface area contributed by atoms with Gasteiger partial charge in [0.25, 0.3) is 0 Å². The first-order valence-electron chi connectivity index (χ1n) is 9.72. The Hall–Kier alpha value is -0.850. The summed E-state index contributed by atoms with van der Waals surface area (Å²) in [6, 6.07) is 10.1. The highest BCUT2D eigenvalue weighted by Crippen LogP contribution is 2.55. The molecule has 6 unspecified atom stereocenters. The van der Waals surface area contributed by atoms with Crippen LogP contribution < -0.4 is 0 Å². The Kier molecular flexibility index (Phi) is 6.38. The van der Waals surface area contributed by atoms with Crippen molar-refractivity contribution in [3.8, 4) is 0 Å². The highest BCUT2D eigenvalue weighted by atomic mass is 32.2. The Morgan fingerprint density at radius 2 is 2.04 bits per heavy atom. The fourth-order valence-corrected chi connectivity index (χ4v) is 5.55. The van der Waals surface area contributed by atoms with E-state index in [0.29, 0.717) is 18.6 Å². The molecule has 3 rings (SSSR count). The number of ether oxygens (including phenoxy) is 2. The number of allylic oxidation sites excluding steroid dienone is 1. The van der Waals surface area contributed by atoms with E-state index in [1.165, 1.54) is 5.57 Å². The van der Waals surface area contributed by atoms with Crippen molar-refractivity contribution < 1.29 is 19.7 Å². The molecule has 1 aromatic carbocycles. The lowest BCUT2D eigenvalue weighted by Gasteiger charge is -2.48. The predicted molar refractivity (Wildman–Crippen MR) is 109 cm³/mol. The second-order valence-electron chi connectivity index (χ2n) is 8.30. The minimum atomic E-state index is -0.950. The van der Waals surface area contributed by atoms with E-state index in [1.54, 1.807) is 18.9 Å². The van der Waals surface area contributed by atoms with E-state index in [0.717, 1.165) is 11.3 Å². The zero-order valence-electron chi connectivity index (χ0n) is 16.7. The maximum atomic E-state index is 11.7. The zero-order valence-corrected chi connectivity index (χ0v) is 17.5. The van der Waals surface area contributed by atoms with Gasteiger partial charge < -0.3 is 19.7 Å². The van der Waals surface area contributed by atoms with Crippen LogP contribution in [-0.4, -0.2) is 52.6 Å². The van der Waals surface area contributed by atoms with Gasteiger partial charge in [-0.3, -0.25) is 0 Å². The molecule has 0 bridgehead atoms. The number of hydrogen-bond donors (Lipinski definition) is 2. The summed E-state index contributed by atoms with van der Waals surface area (Å²) in [5, 5.41) is 22.2. The summed E-state index contributed by atoms with van der Waals surface area (Å²) in [5.41, 5.74) is -0.177. The third-order valence-corrected chi connectivity index (χ3v) is 7.25. The van der Waals surface area contributed by atoms with Crippen LogP contribution in [-0.2, 0) is 9.47 Å². The SMILES string of the molecule is COC1C(O)CCC(O)(CSc2ccccc2)C1C1(C)OC1CC=C(C)C. The summed E-state index contributed by atoms with van der Waals surface area (Å²) >= 11 is 1.65. The number of epoxide rings is 1. The Labute approximate surface area is 167 Å². The van der Waals surface area contributed by atoms with Gasteiger partial charge in [-0.15, -0.1) is 11.8 Å². The van der Waals surface area contributed by atoms with Crippen LogP contribution in [0.15, 0.2) is 46.9 Å². The molecule has 1 heterocycles. The Balaban J connectivity index is 1.81. The van der Waals surface area contributed by atoms with Crippen molar-refractivity contribution in [1.29, 1.82) is 0 Å². The van der Waals surface area contributed by atoms with E-state index < -0.39 is 23.4 Å². The number of methoxy groups -OCH3 is 1. The molecule has 6 atom stereocenters. The largest absolute Gasteiger partial charge is 0.390 e. The van der Waals surface area contributed by atoms with Gasteiger partial charge in [-0.25, -0.2) is 0 Å². The number of aliphatic hydroxyl groups excluding tert-OH is 1. The van der Waals surface area contributed by atoms with Gasteiger partial charge in [-0.1, -0.05) is 29.8 Å². The Morgan fingerprint density at radius 1 is 1.33 bits per heavy atom. The molecule has 4 nitrogen and oxygen atoms in total. The standard InChI is InChI=1S/C22H32O4S/c1-15(2)10-11-18-21(3,26-18)20-19(25-4)17(23)12-13-22(20,24)14-27-16-8-6-5-7-9-16/h5-10,17-20,23-24H,11-14H2,1-4H3. The number of hydrogen-bond acceptors (Lipinski definition) is 5. The van der Waals surface area contributed by atoms with E-state index in [-0.39, 0.29) is 12.0 Å². The molecule has 1 saturated heterocycles. The molecule has 1 aliphatic heterocycles. The second kappa shape index (κ2) is 8.26. The van der Waals surface area contributed by atoms with Crippen molar-refractivity contribution in [2.24, 2.45) is 5.92 Å². The van der Waals surface area contributed by atoms with Crippen molar-refractivity contribution in [1.82, 2.24) is 0 Å². The predicted octanol–water partition coefficient (Wildman–Crippen LogP) is 3.81. The molecule has 1 aromatic rings. The van der Waals surface area contributed by atoms with Crippen LogP contribution in [0.5, 0.6) is 0 Å². The second-order valence-corrected chi connectivity index (χ2v) is 9.35. The number of thioether (sulfide) groups is 1. The maximum Gasteiger partial charge on any atom is 0.100 e. The fraction of sp³-hybridized carbons (Fsp3) is 0.636. The van der Waals surface area contributed by atoms with Gasteiger partial charge in [-0.05, 0) is 52.2 Å². The normalized spacial score (nSPS) is 38.4. The minimum Gasteiger partial charge on any atom is -0.390 e. The molecule has 2 fully saturated rings. The summed E-state index contributed by atoms with van der Waals surface area (Å²) in [4.78, 5) is 1.13. The van der Waals surface area contributed by atoms with Gasteiger partial charge in [0.2, 0.25) is 0 Å². The molecule has 2 N–H and O–H groups in total. The van der Waals surface area contributed by atoms with Gasteiger partial charge in [-0.2, -0.15) is 0 Å². The molecule has 1 aliphatic carbocycles. The van der Waals surface area contributed by atoms with E-state index >= 15 is 0 Å². The third-order valence-electron chi connectivity index (χ3n) is 6.00. The lowest BCUT2D eigenvalue weighted by atomic mass is 9.66. The van der Waals surface area contributed by atoms with Crippen LogP contribution in [0.25, 0.3) is 0 Å².